The first kappa shape index (κ1) is 13.9. The molecule has 0 aromatic heterocycles. The maximum atomic E-state index is 8.82. The number of halogens is 2. The van der Waals surface area contributed by atoms with Crippen molar-refractivity contribution in [1.29, 1.82) is 0 Å². The van der Waals surface area contributed by atoms with Crippen molar-refractivity contribution in [2.45, 2.75) is 20.0 Å². The van der Waals surface area contributed by atoms with Gasteiger partial charge < -0.3 is 9.94 Å². The third kappa shape index (κ3) is 3.95. The highest BCUT2D eigenvalue weighted by Gasteiger charge is 2.12. The summed E-state index contributed by atoms with van der Waals surface area (Å²) in [7, 11) is 0. The number of rotatable bonds is 4. The van der Waals surface area contributed by atoms with E-state index in [-0.39, 0.29) is 0 Å². The smallest absolute Gasteiger partial charge is 0.141 e. The fourth-order valence-corrected chi connectivity index (χ4v) is 1.70. The van der Waals surface area contributed by atoms with Crippen LogP contribution < -0.4 is 4.74 Å². The first-order chi connectivity index (χ1) is 8.08. The van der Waals surface area contributed by atoms with E-state index in [1.54, 1.807) is 37.3 Å². The third-order valence-electron chi connectivity index (χ3n) is 2.07. The van der Waals surface area contributed by atoms with Gasteiger partial charge in [-0.2, -0.15) is 0 Å². The van der Waals surface area contributed by atoms with E-state index in [4.69, 9.17) is 33.1 Å². The quantitative estimate of drug-likeness (QED) is 0.508. The van der Waals surface area contributed by atoms with Crippen molar-refractivity contribution in [3.63, 3.8) is 0 Å². The van der Waals surface area contributed by atoms with Crippen molar-refractivity contribution < 1.29 is 9.94 Å². The van der Waals surface area contributed by atoms with Crippen LogP contribution in [0.5, 0.6) is 5.75 Å². The monoisotopic (exact) mass is 273 g/mol. The van der Waals surface area contributed by atoms with Gasteiger partial charge in [-0.1, -0.05) is 34.4 Å². The molecule has 92 valence electrons. The maximum absolute atomic E-state index is 8.82. The Bertz CT molecular complexity index is 444. The zero-order chi connectivity index (χ0) is 12.8. The van der Waals surface area contributed by atoms with Crippen LogP contribution in [0.15, 0.2) is 35.5 Å². The summed E-state index contributed by atoms with van der Waals surface area (Å²) in [6, 6.07) is 4.95. The minimum absolute atomic E-state index is 0.408. The van der Waals surface area contributed by atoms with Crippen molar-refractivity contribution in [3.8, 4) is 5.75 Å². The first-order valence-corrected chi connectivity index (χ1v) is 5.80. The van der Waals surface area contributed by atoms with E-state index in [0.29, 0.717) is 21.5 Å². The second kappa shape index (κ2) is 6.52. The van der Waals surface area contributed by atoms with Gasteiger partial charge in [0.2, 0.25) is 0 Å². The lowest BCUT2D eigenvalue weighted by atomic mass is 10.2. The third-order valence-corrected chi connectivity index (χ3v) is 2.60. The van der Waals surface area contributed by atoms with Gasteiger partial charge in [0.25, 0.3) is 0 Å². The summed E-state index contributed by atoms with van der Waals surface area (Å²) in [5.41, 5.74) is 0.415. The summed E-state index contributed by atoms with van der Waals surface area (Å²) in [4.78, 5) is 0. The Hall–Kier alpha value is -1.19. The number of allylic oxidation sites excluding steroid dienone is 1. The predicted molar refractivity (Wildman–Crippen MR) is 70.6 cm³/mol. The van der Waals surface area contributed by atoms with Gasteiger partial charge in [-0.05, 0) is 38.1 Å². The lowest BCUT2D eigenvalue weighted by Gasteiger charge is -2.15. The van der Waals surface area contributed by atoms with Crippen LogP contribution in [0.2, 0.25) is 10.0 Å². The molecule has 1 rings (SSSR count). The van der Waals surface area contributed by atoms with Crippen LogP contribution in [0, 0.1) is 0 Å². The van der Waals surface area contributed by atoms with Gasteiger partial charge in [0.15, 0.2) is 0 Å². The number of oxime groups is 1. The standard InChI is InChI=1S/C12H13Cl2NO2/c1-3-4-11(15-16)8(2)17-12-6-5-9(13)7-10(12)14/h3-8,16H,1-2H3/b4-3+,15-11+. The molecule has 1 N–H and O–H groups in total. The molecular formula is C12H13Cl2NO2. The number of nitrogens with zero attached hydrogens (tertiary/aromatic N) is 1. The van der Waals surface area contributed by atoms with Crippen LogP contribution in [-0.2, 0) is 0 Å². The molecule has 0 saturated heterocycles. The topological polar surface area (TPSA) is 41.8 Å². The molecule has 1 aromatic rings. The molecule has 0 aliphatic rings. The van der Waals surface area contributed by atoms with Crippen molar-refractivity contribution >= 4 is 28.9 Å². The van der Waals surface area contributed by atoms with Crippen molar-refractivity contribution in [2.24, 2.45) is 5.16 Å². The van der Waals surface area contributed by atoms with Crippen LogP contribution in [0.1, 0.15) is 13.8 Å². The highest BCUT2D eigenvalue weighted by molar-refractivity contribution is 6.35. The van der Waals surface area contributed by atoms with Gasteiger partial charge in [-0.15, -0.1) is 0 Å². The zero-order valence-corrected chi connectivity index (χ0v) is 11.0. The summed E-state index contributed by atoms with van der Waals surface area (Å²) in [6.45, 7) is 3.59. The molecular weight excluding hydrogens is 261 g/mol. The van der Waals surface area contributed by atoms with Crippen LogP contribution in [0.25, 0.3) is 0 Å². The van der Waals surface area contributed by atoms with E-state index in [1.165, 1.54) is 0 Å². The molecule has 1 unspecified atom stereocenters. The van der Waals surface area contributed by atoms with Crippen molar-refractivity contribution in [1.82, 2.24) is 0 Å². The van der Waals surface area contributed by atoms with Crippen LogP contribution in [0.4, 0.5) is 0 Å². The first-order valence-electron chi connectivity index (χ1n) is 5.04. The van der Waals surface area contributed by atoms with E-state index < -0.39 is 6.10 Å². The molecule has 0 saturated carbocycles. The molecule has 0 amide bonds. The predicted octanol–water partition coefficient (Wildman–Crippen LogP) is 4.17. The molecule has 0 heterocycles. The SMILES string of the molecule is C/C=C/C(=N\O)C(C)Oc1ccc(Cl)cc1Cl. The molecule has 0 aliphatic carbocycles. The van der Waals surface area contributed by atoms with E-state index in [9.17, 15) is 0 Å². The maximum Gasteiger partial charge on any atom is 0.141 e. The summed E-state index contributed by atoms with van der Waals surface area (Å²) in [5.74, 6) is 0.495. The molecule has 5 heteroatoms. The molecule has 17 heavy (non-hydrogen) atoms. The van der Waals surface area contributed by atoms with Gasteiger partial charge in [0.1, 0.15) is 17.6 Å². The van der Waals surface area contributed by atoms with Crippen LogP contribution >= 0.6 is 23.2 Å². The lowest BCUT2D eigenvalue weighted by molar-refractivity contribution is 0.269. The van der Waals surface area contributed by atoms with Crippen LogP contribution in [0.3, 0.4) is 0 Å². The molecule has 3 nitrogen and oxygen atoms in total. The summed E-state index contributed by atoms with van der Waals surface area (Å²) >= 11 is 11.7. The molecule has 1 aromatic carbocycles. The summed E-state index contributed by atoms with van der Waals surface area (Å²) in [6.07, 6.45) is 3.02. The molecule has 0 bridgehead atoms. The Morgan fingerprint density at radius 2 is 2.18 bits per heavy atom. The van der Waals surface area contributed by atoms with Gasteiger partial charge in [0.05, 0.1) is 5.02 Å². The number of ether oxygens (including phenoxy) is 1. The highest BCUT2D eigenvalue weighted by atomic mass is 35.5. The van der Waals surface area contributed by atoms with E-state index >= 15 is 0 Å². The van der Waals surface area contributed by atoms with Gasteiger partial charge in [0, 0.05) is 5.02 Å². The van der Waals surface area contributed by atoms with E-state index in [1.807, 2.05) is 6.92 Å². The Kier molecular flexibility index (Phi) is 5.32. The minimum Gasteiger partial charge on any atom is -0.483 e. The largest absolute Gasteiger partial charge is 0.483 e. The Morgan fingerprint density at radius 1 is 1.47 bits per heavy atom. The fourth-order valence-electron chi connectivity index (χ4n) is 1.24. The molecule has 0 fully saturated rings. The average molecular weight is 274 g/mol. The Morgan fingerprint density at radius 3 is 2.71 bits per heavy atom. The summed E-state index contributed by atoms with van der Waals surface area (Å²) in [5, 5.41) is 12.9. The van der Waals surface area contributed by atoms with E-state index in [0.717, 1.165) is 0 Å². The van der Waals surface area contributed by atoms with Gasteiger partial charge >= 0.3 is 0 Å². The Labute approximate surface area is 110 Å². The Balaban J connectivity index is 2.84. The van der Waals surface area contributed by atoms with Crippen molar-refractivity contribution in [3.05, 3.63) is 40.4 Å². The number of benzene rings is 1. The number of hydrogen-bond acceptors (Lipinski definition) is 3. The van der Waals surface area contributed by atoms with Gasteiger partial charge in [-0.25, -0.2) is 0 Å². The number of hydrogen-bond donors (Lipinski definition) is 1. The molecule has 0 radical (unpaired) electrons. The second-order valence-electron chi connectivity index (χ2n) is 3.36. The second-order valence-corrected chi connectivity index (χ2v) is 4.20. The molecule has 0 aliphatic heterocycles. The molecule has 1 atom stereocenters. The normalized spacial score (nSPS) is 14.0. The fraction of sp³-hybridized carbons (Fsp3) is 0.250. The van der Waals surface area contributed by atoms with Crippen LogP contribution in [-0.4, -0.2) is 17.0 Å². The minimum atomic E-state index is -0.408. The summed E-state index contributed by atoms with van der Waals surface area (Å²) < 4.78 is 5.57. The van der Waals surface area contributed by atoms with E-state index in [2.05, 4.69) is 5.16 Å². The zero-order valence-electron chi connectivity index (χ0n) is 9.52. The highest BCUT2D eigenvalue weighted by Crippen LogP contribution is 2.28. The average Bonchev–Trinajstić information content (AvgIpc) is 2.29. The lowest BCUT2D eigenvalue weighted by Crippen LogP contribution is -2.22. The van der Waals surface area contributed by atoms with Gasteiger partial charge in [-0.3, -0.25) is 0 Å². The van der Waals surface area contributed by atoms with Crippen molar-refractivity contribution in [2.75, 3.05) is 0 Å². The molecule has 0 spiro atoms.